The van der Waals surface area contributed by atoms with Gasteiger partial charge in [0, 0.05) is 16.0 Å². The molecule has 1 aromatic carbocycles. The summed E-state index contributed by atoms with van der Waals surface area (Å²) in [5.41, 5.74) is 5.59. The minimum absolute atomic E-state index is 0.214. The second kappa shape index (κ2) is 5.58. The van der Waals surface area contributed by atoms with Gasteiger partial charge in [0.1, 0.15) is 17.4 Å². The highest BCUT2D eigenvalue weighted by atomic mass is 79.9. The summed E-state index contributed by atoms with van der Waals surface area (Å²) in [6.45, 7) is 6.03. The molecule has 2 N–H and O–H groups in total. The van der Waals surface area contributed by atoms with Gasteiger partial charge in [-0.3, -0.25) is 0 Å². The first-order valence-electron chi connectivity index (χ1n) is 6.03. The van der Waals surface area contributed by atoms with E-state index in [1.54, 1.807) is 18.2 Å². The third-order valence-electron chi connectivity index (χ3n) is 2.50. The Morgan fingerprint density at radius 2 is 1.90 bits per heavy atom. The Hall–Kier alpha value is -1.33. The molecule has 6 heteroatoms. The molecule has 0 atom stereocenters. The molecule has 0 aliphatic rings. The van der Waals surface area contributed by atoms with E-state index in [-0.39, 0.29) is 5.41 Å². The molecule has 0 spiro atoms. The molecule has 1 aromatic heterocycles. The first-order chi connectivity index (χ1) is 9.25. The molecule has 0 fully saturated rings. The smallest absolute Gasteiger partial charge is 0.224 e. The zero-order valence-corrected chi connectivity index (χ0v) is 13.8. The van der Waals surface area contributed by atoms with E-state index in [9.17, 15) is 0 Å². The highest BCUT2D eigenvalue weighted by molar-refractivity contribution is 9.10. The van der Waals surface area contributed by atoms with Gasteiger partial charge in [-0.05, 0) is 18.2 Å². The average molecular weight is 357 g/mol. The fourth-order valence-electron chi connectivity index (χ4n) is 1.50. The summed E-state index contributed by atoms with van der Waals surface area (Å²) in [7, 11) is 0. The lowest BCUT2D eigenvalue weighted by Gasteiger charge is -2.17. The zero-order chi connectivity index (χ0) is 14.9. The van der Waals surface area contributed by atoms with Crippen molar-refractivity contribution in [2.75, 3.05) is 5.73 Å². The Morgan fingerprint density at radius 1 is 1.20 bits per heavy atom. The van der Waals surface area contributed by atoms with Gasteiger partial charge in [0.2, 0.25) is 5.88 Å². The number of benzene rings is 1. The lowest BCUT2D eigenvalue weighted by molar-refractivity contribution is 0.446. The monoisotopic (exact) mass is 355 g/mol. The molecule has 0 saturated heterocycles. The van der Waals surface area contributed by atoms with Crippen molar-refractivity contribution in [1.29, 1.82) is 0 Å². The Kier molecular flexibility index (Phi) is 4.20. The predicted octanol–water partition coefficient (Wildman–Crippen LogP) is 4.56. The Labute approximate surface area is 131 Å². The van der Waals surface area contributed by atoms with Gasteiger partial charge in [-0.2, -0.15) is 4.98 Å². The fraction of sp³-hybridized carbons (Fsp3) is 0.286. The molecular weight excluding hydrogens is 342 g/mol. The lowest BCUT2D eigenvalue weighted by Crippen LogP contribution is -2.17. The van der Waals surface area contributed by atoms with E-state index in [0.29, 0.717) is 28.3 Å². The maximum atomic E-state index is 6.10. The van der Waals surface area contributed by atoms with Crippen LogP contribution in [0.15, 0.2) is 28.7 Å². The van der Waals surface area contributed by atoms with Crippen LogP contribution in [0.1, 0.15) is 26.6 Å². The average Bonchev–Trinajstić information content (AvgIpc) is 2.32. The molecular formula is C14H15BrClN3O. The van der Waals surface area contributed by atoms with Crippen molar-refractivity contribution in [3.63, 3.8) is 0 Å². The van der Waals surface area contributed by atoms with E-state index in [1.807, 2.05) is 26.8 Å². The van der Waals surface area contributed by atoms with Crippen LogP contribution >= 0.6 is 27.5 Å². The summed E-state index contributed by atoms with van der Waals surface area (Å²) in [5, 5.41) is 0.502. The molecule has 2 aromatic rings. The fourth-order valence-corrected chi connectivity index (χ4v) is 1.99. The van der Waals surface area contributed by atoms with Gasteiger partial charge >= 0.3 is 0 Å². The normalized spacial score (nSPS) is 11.4. The molecule has 0 aliphatic heterocycles. The van der Waals surface area contributed by atoms with Crippen LogP contribution in [0.5, 0.6) is 11.6 Å². The number of halogens is 2. The van der Waals surface area contributed by atoms with Crippen molar-refractivity contribution in [3.8, 4) is 11.6 Å². The van der Waals surface area contributed by atoms with E-state index < -0.39 is 0 Å². The molecule has 106 valence electrons. The molecule has 20 heavy (non-hydrogen) atoms. The number of hydrogen-bond donors (Lipinski definition) is 1. The van der Waals surface area contributed by atoms with Gasteiger partial charge in [-0.25, -0.2) is 4.98 Å². The lowest BCUT2D eigenvalue weighted by atomic mass is 9.96. The summed E-state index contributed by atoms with van der Waals surface area (Å²) in [6, 6.07) is 6.93. The van der Waals surface area contributed by atoms with Crippen molar-refractivity contribution in [1.82, 2.24) is 9.97 Å². The summed E-state index contributed by atoms with van der Waals surface area (Å²) in [6.07, 6.45) is 0. The third kappa shape index (κ3) is 3.61. The summed E-state index contributed by atoms with van der Waals surface area (Å²) in [5.74, 6) is 1.88. The maximum Gasteiger partial charge on any atom is 0.224 e. The van der Waals surface area contributed by atoms with E-state index in [0.717, 1.165) is 4.47 Å². The van der Waals surface area contributed by atoms with Gasteiger partial charge in [-0.1, -0.05) is 48.3 Å². The number of rotatable bonds is 2. The van der Waals surface area contributed by atoms with Crippen LogP contribution in [0.25, 0.3) is 0 Å². The van der Waals surface area contributed by atoms with Gasteiger partial charge in [0.05, 0.1) is 5.02 Å². The number of ether oxygens (including phenoxy) is 1. The molecule has 0 radical (unpaired) electrons. The molecule has 0 amide bonds. The van der Waals surface area contributed by atoms with Crippen LogP contribution in [0.2, 0.25) is 5.02 Å². The van der Waals surface area contributed by atoms with Crippen LogP contribution in [0, 0.1) is 0 Å². The minimum atomic E-state index is -0.214. The first kappa shape index (κ1) is 15.1. The summed E-state index contributed by atoms with van der Waals surface area (Å²) >= 11 is 9.47. The second-order valence-electron chi connectivity index (χ2n) is 5.38. The van der Waals surface area contributed by atoms with Gasteiger partial charge in [0.15, 0.2) is 0 Å². The molecule has 4 nitrogen and oxygen atoms in total. The Bertz CT molecular complexity index is 641. The van der Waals surface area contributed by atoms with Crippen molar-refractivity contribution >= 4 is 33.3 Å². The van der Waals surface area contributed by atoms with Gasteiger partial charge in [0.25, 0.3) is 0 Å². The molecule has 2 rings (SSSR count). The zero-order valence-electron chi connectivity index (χ0n) is 11.4. The van der Waals surface area contributed by atoms with Crippen molar-refractivity contribution in [2.24, 2.45) is 0 Å². The second-order valence-corrected chi connectivity index (χ2v) is 6.70. The number of nitrogen functional groups attached to an aromatic ring is 1. The quantitative estimate of drug-likeness (QED) is 0.856. The van der Waals surface area contributed by atoms with Crippen LogP contribution < -0.4 is 10.5 Å². The van der Waals surface area contributed by atoms with Crippen LogP contribution in [0.4, 0.5) is 5.82 Å². The van der Waals surface area contributed by atoms with Crippen LogP contribution in [0.3, 0.4) is 0 Å². The van der Waals surface area contributed by atoms with E-state index in [4.69, 9.17) is 22.1 Å². The van der Waals surface area contributed by atoms with Gasteiger partial charge in [-0.15, -0.1) is 0 Å². The largest absolute Gasteiger partial charge is 0.437 e. The number of aromatic nitrogens is 2. The highest BCUT2D eigenvalue weighted by Crippen LogP contribution is 2.32. The maximum absolute atomic E-state index is 6.10. The summed E-state index contributed by atoms with van der Waals surface area (Å²) < 4.78 is 6.58. The van der Waals surface area contributed by atoms with Crippen molar-refractivity contribution in [3.05, 3.63) is 39.6 Å². The number of anilines is 1. The van der Waals surface area contributed by atoms with Crippen LogP contribution in [-0.2, 0) is 5.41 Å². The molecule has 0 saturated carbocycles. The van der Waals surface area contributed by atoms with E-state index in [1.165, 1.54) is 0 Å². The Balaban J connectivity index is 2.39. The molecule has 1 heterocycles. The highest BCUT2D eigenvalue weighted by Gasteiger charge is 2.19. The van der Waals surface area contributed by atoms with Crippen LogP contribution in [-0.4, -0.2) is 9.97 Å². The number of nitrogens with two attached hydrogens (primary N) is 1. The van der Waals surface area contributed by atoms with E-state index in [2.05, 4.69) is 25.9 Å². The van der Waals surface area contributed by atoms with Crippen molar-refractivity contribution < 1.29 is 4.74 Å². The van der Waals surface area contributed by atoms with Gasteiger partial charge < -0.3 is 10.5 Å². The minimum Gasteiger partial charge on any atom is -0.437 e. The SMILES string of the molecule is CC(C)(C)c1nc(N)cc(Oc2cc(Br)ccc2Cl)n1. The molecule has 0 bridgehead atoms. The number of nitrogens with zero attached hydrogens (tertiary/aromatic N) is 2. The third-order valence-corrected chi connectivity index (χ3v) is 3.31. The topological polar surface area (TPSA) is 61.0 Å². The summed E-state index contributed by atoms with van der Waals surface area (Å²) in [4.78, 5) is 8.61. The molecule has 0 aliphatic carbocycles. The predicted molar refractivity (Wildman–Crippen MR) is 84.4 cm³/mol. The van der Waals surface area contributed by atoms with E-state index >= 15 is 0 Å². The molecule has 0 unspecified atom stereocenters. The standard InChI is InChI=1S/C14H15BrClN3O/c1-14(2,3)13-18-11(17)7-12(19-13)20-10-6-8(15)4-5-9(10)16/h4-7H,1-3H3,(H2,17,18,19). The number of hydrogen-bond acceptors (Lipinski definition) is 4. The Morgan fingerprint density at radius 3 is 2.55 bits per heavy atom. The van der Waals surface area contributed by atoms with Crippen molar-refractivity contribution in [2.45, 2.75) is 26.2 Å². The first-order valence-corrected chi connectivity index (χ1v) is 7.21.